The minimum absolute atomic E-state index is 0.0966. The van der Waals surface area contributed by atoms with Gasteiger partial charge in [-0.25, -0.2) is 4.98 Å². The van der Waals surface area contributed by atoms with E-state index in [0.717, 1.165) is 57.1 Å². The predicted octanol–water partition coefficient (Wildman–Crippen LogP) is 3.61. The standard InChI is InChI=1S/C21H26ClN5O/c1-3-23-20-24-15(2)12-18(25-20)26-10-8-21(13-26)9-11-27(14-21)19(28)16-4-6-17(22)7-5-16/h4-7,12H,3,8-11,13-14H2,1-2H3,(H,23,24,25). The number of carbonyl (C=O) groups excluding carboxylic acids is 1. The Kier molecular flexibility index (Phi) is 5.15. The molecule has 2 fully saturated rings. The van der Waals surface area contributed by atoms with Gasteiger partial charge in [-0.05, 0) is 51.0 Å². The predicted molar refractivity (Wildman–Crippen MR) is 112 cm³/mol. The van der Waals surface area contributed by atoms with Crippen LogP contribution in [-0.4, -0.2) is 53.5 Å². The fourth-order valence-corrected chi connectivity index (χ4v) is 4.42. The molecule has 0 saturated carbocycles. The molecule has 4 rings (SSSR count). The lowest BCUT2D eigenvalue weighted by atomic mass is 9.86. The Morgan fingerprint density at radius 2 is 1.93 bits per heavy atom. The minimum Gasteiger partial charge on any atom is -0.356 e. The number of rotatable bonds is 4. The van der Waals surface area contributed by atoms with Crippen molar-refractivity contribution in [3.05, 3.63) is 46.6 Å². The number of nitrogens with one attached hydrogen (secondary N) is 1. The van der Waals surface area contributed by atoms with Gasteiger partial charge >= 0.3 is 0 Å². The first-order valence-electron chi connectivity index (χ1n) is 9.87. The molecule has 148 valence electrons. The summed E-state index contributed by atoms with van der Waals surface area (Å²) in [4.78, 5) is 26.3. The highest BCUT2D eigenvalue weighted by molar-refractivity contribution is 6.30. The first-order chi connectivity index (χ1) is 13.5. The maximum absolute atomic E-state index is 12.9. The monoisotopic (exact) mass is 399 g/mol. The number of anilines is 2. The molecule has 0 bridgehead atoms. The van der Waals surface area contributed by atoms with Crippen molar-refractivity contribution in [3.8, 4) is 0 Å². The van der Waals surface area contributed by atoms with Crippen LogP contribution in [0.1, 0.15) is 35.8 Å². The number of nitrogens with zero attached hydrogens (tertiary/aromatic N) is 4. The minimum atomic E-state index is 0.0966. The van der Waals surface area contributed by atoms with E-state index in [2.05, 4.69) is 20.2 Å². The summed E-state index contributed by atoms with van der Waals surface area (Å²) in [6, 6.07) is 9.21. The molecule has 1 aromatic heterocycles. The number of likely N-dealkylation sites (tertiary alicyclic amines) is 1. The van der Waals surface area contributed by atoms with Crippen LogP contribution in [-0.2, 0) is 0 Å². The van der Waals surface area contributed by atoms with Crippen LogP contribution in [0, 0.1) is 12.3 Å². The zero-order chi connectivity index (χ0) is 19.7. The summed E-state index contributed by atoms with van der Waals surface area (Å²) in [6.07, 6.45) is 2.12. The smallest absolute Gasteiger partial charge is 0.253 e. The third kappa shape index (κ3) is 3.78. The molecule has 1 N–H and O–H groups in total. The van der Waals surface area contributed by atoms with Crippen LogP contribution in [0.4, 0.5) is 11.8 Å². The van der Waals surface area contributed by atoms with E-state index in [0.29, 0.717) is 16.5 Å². The van der Waals surface area contributed by atoms with Crippen molar-refractivity contribution in [2.24, 2.45) is 5.41 Å². The van der Waals surface area contributed by atoms with Crippen molar-refractivity contribution in [1.29, 1.82) is 0 Å². The van der Waals surface area contributed by atoms with E-state index in [1.54, 1.807) is 12.1 Å². The van der Waals surface area contributed by atoms with Gasteiger partial charge in [0.2, 0.25) is 5.95 Å². The number of halogens is 1. The van der Waals surface area contributed by atoms with Crippen LogP contribution in [0.5, 0.6) is 0 Å². The second-order valence-corrected chi connectivity index (χ2v) is 8.31. The van der Waals surface area contributed by atoms with Crippen LogP contribution in [0.3, 0.4) is 0 Å². The number of hydrogen-bond acceptors (Lipinski definition) is 5. The van der Waals surface area contributed by atoms with Crippen LogP contribution >= 0.6 is 11.6 Å². The maximum Gasteiger partial charge on any atom is 0.253 e. The molecule has 0 radical (unpaired) electrons. The summed E-state index contributed by atoms with van der Waals surface area (Å²) in [7, 11) is 0. The quantitative estimate of drug-likeness (QED) is 0.850. The van der Waals surface area contributed by atoms with Crippen LogP contribution in [0.25, 0.3) is 0 Å². The van der Waals surface area contributed by atoms with E-state index < -0.39 is 0 Å². The van der Waals surface area contributed by atoms with Gasteiger partial charge in [-0.15, -0.1) is 0 Å². The Bertz CT molecular complexity index is 872. The molecule has 7 heteroatoms. The number of aromatic nitrogens is 2. The summed E-state index contributed by atoms with van der Waals surface area (Å²) >= 11 is 5.95. The largest absolute Gasteiger partial charge is 0.356 e. The van der Waals surface area contributed by atoms with Crippen molar-refractivity contribution < 1.29 is 4.79 Å². The van der Waals surface area contributed by atoms with Crippen LogP contribution < -0.4 is 10.2 Å². The van der Waals surface area contributed by atoms with Gasteiger partial charge in [0.05, 0.1) is 0 Å². The van der Waals surface area contributed by atoms with E-state index in [4.69, 9.17) is 11.6 Å². The lowest BCUT2D eigenvalue weighted by Crippen LogP contribution is -2.34. The topological polar surface area (TPSA) is 61.4 Å². The third-order valence-corrected chi connectivity index (χ3v) is 6.01. The average molecular weight is 400 g/mol. The van der Waals surface area contributed by atoms with Gasteiger partial charge in [0.15, 0.2) is 0 Å². The van der Waals surface area contributed by atoms with E-state index in [1.165, 1.54) is 0 Å². The van der Waals surface area contributed by atoms with Crippen molar-refractivity contribution in [1.82, 2.24) is 14.9 Å². The average Bonchev–Trinajstić information content (AvgIpc) is 3.29. The van der Waals surface area contributed by atoms with E-state index in [1.807, 2.05) is 36.9 Å². The molecular formula is C21H26ClN5O. The van der Waals surface area contributed by atoms with Gasteiger partial charge in [0.25, 0.3) is 5.91 Å². The first-order valence-corrected chi connectivity index (χ1v) is 10.3. The molecule has 3 heterocycles. The Labute approximate surface area is 170 Å². The number of carbonyl (C=O) groups is 1. The fraction of sp³-hybridized carbons (Fsp3) is 0.476. The molecular weight excluding hydrogens is 374 g/mol. The Morgan fingerprint density at radius 3 is 2.68 bits per heavy atom. The Hall–Kier alpha value is -2.34. The highest BCUT2D eigenvalue weighted by Crippen LogP contribution is 2.41. The molecule has 1 atom stereocenters. The van der Waals surface area contributed by atoms with E-state index in [9.17, 15) is 4.79 Å². The Balaban J connectivity index is 1.45. The molecule has 1 unspecified atom stereocenters. The highest BCUT2D eigenvalue weighted by atomic mass is 35.5. The Morgan fingerprint density at radius 1 is 1.18 bits per heavy atom. The van der Waals surface area contributed by atoms with Crippen LogP contribution in [0.15, 0.2) is 30.3 Å². The summed E-state index contributed by atoms with van der Waals surface area (Å²) in [6.45, 7) is 8.34. The SMILES string of the molecule is CCNc1nc(C)cc(N2CCC3(CCN(C(=O)c4ccc(Cl)cc4)C3)C2)n1. The molecule has 1 spiro atoms. The number of aryl methyl sites for hydroxylation is 1. The van der Waals surface area contributed by atoms with E-state index in [-0.39, 0.29) is 11.3 Å². The molecule has 1 amide bonds. The normalized spacial score (nSPS) is 21.5. The third-order valence-electron chi connectivity index (χ3n) is 5.75. The zero-order valence-corrected chi connectivity index (χ0v) is 17.2. The van der Waals surface area contributed by atoms with Crippen molar-refractivity contribution in [2.45, 2.75) is 26.7 Å². The van der Waals surface area contributed by atoms with Gasteiger partial charge < -0.3 is 15.1 Å². The van der Waals surface area contributed by atoms with Gasteiger partial charge in [-0.3, -0.25) is 4.79 Å². The first kappa shape index (κ1) is 19.0. The lowest BCUT2D eigenvalue weighted by molar-refractivity contribution is 0.0776. The molecule has 0 aliphatic carbocycles. The zero-order valence-electron chi connectivity index (χ0n) is 16.4. The second kappa shape index (κ2) is 7.59. The number of hydrogen-bond donors (Lipinski definition) is 1. The van der Waals surface area contributed by atoms with Gasteiger partial charge in [-0.2, -0.15) is 4.98 Å². The van der Waals surface area contributed by atoms with Gasteiger partial charge in [-0.1, -0.05) is 11.6 Å². The van der Waals surface area contributed by atoms with Gasteiger partial charge in [0.1, 0.15) is 5.82 Å². The molecule has 28 heavy (non-hydrogen) atoms. The van der Waals surface area contributed by atoms with Crippen molar-refractivity contribution in [2.75, 3.05) is 42.9 Å². The van der Waals surface area contributed by atoms with Crippen molar-refractivity contribution in [3.63, 3.8) is 0 Å². The van der Waals surface area contributed by atoms with E-state index >= 15 is 0 Å². The highest BCUT2D eigenvalue weighted by Gasteiger charge is 2.45. The number of amides is 1. The summed E-state index contributed by atoms with van der Waals surface area (Å²) in [5, 5.41) is 3.86. The molecule has 6 nitrogen and oxygen atoms in total. The maximum atomic E-state index is 12.9. The summed E-state index contributed by atoms with van der Waals surface area (Å²) in [5.74, 6) is 1.76. The molecule has 2 aromatic rings. The molecule has 1 aromatic carbocycles. The fourth-order valence-electron chi connectivity index (χ4n) is 4.30. The molecule has 2 aliphatic rings. The number of benzene rings is 1. The van der Waals surface area contributed by atoms with Crippen LogP contribution in [0.2, 0.25) is 5.02 Å². The molecule has 2 aliphatic heterocycles. The lowest BCUT2D eigenvalue weighted by Gasteiger charge is -2.25. The van der Waals surface area contributed by atoms with Gasteiger partial charge in [0, 0.05) is 60.5 Å². The second-order valence-electron chi connectivity index (χ2n) is 7.88. The molecule has 2 saturated heterocycles. The van der Waals surface area contributed by atoms with Crippen molar-refractivity contribution >= 4 is 29.3 Å². The summed E-state index contributed by atoms with van der Waals surface area (Å²) in [5.41, 5.74) is 1.82. The summed E-state index contributed by atoms with van der Waals surface area (Å²) < 4.78 is 0.